The zero-order valence-electron chi connectivity index (χ0n) is 23.8. The summed E-state index contributed by atoms with van der Waals surface area (Å²) in [6, 6.07) is 52.1. The molecule has 0 N–H and O–H groups in total. The molecule has 2 heteroatoms. The zero-order valence-corrected chi connectivity index (χ0v) is 23.8. The molecule has 1 aliphatic heterocycles. The summed E-state index contributed by atoms with van der Waals surface area (Å²) in [6.07, 6.45) is 0. The van der Waals surface area contributed by atoms with Crippen LogP contribution < -0.4 is 4.90 Å². The lowest BCUT2D eigenvalue weighted by atomic mass is 9.73. The third-order valence-corrected chi connectivity index (χ3v) is 8.43. The predicted octanol–water partition coefficient (Wildman–Crippen LogP) is 10.4. The molecule has 1 heterocycles. The summed E-state index contributed by atoms with van der Waals surface area (Å²) in [5.41, 5.74) is 11.5. The van der Waals surface area contributed by atoms with Gasteiger partial charge in [-0.05, 0) is 75.8 Å². The minimum atomic E-state index is -0.196. The fourth-order valence-corrected chi connectivity index (χ4v) is 6.22. The highest BCUT2D eigenvalue weighted by molar-refractivity contribution is 6.10. The number of fused-ring (bicyclic) bond motifs is 2. The number of carbonyl (C=O) groups excluding carboxylic acids is 1. The van der Waals surface area contributed by atoms with E-state index in [-0.39, 0.29) is 11.2 Å². The van der Waals surface area contributed by atoms with Crippen molar-refractivity contribution >= 4 is 22.8 Å². The number of para-hydroxylation sites is 2. The predicted molar refractivity (Wildman–Crippen MR) is 174 cm³/mol. The first-order chi connectivity index (χ1) is 20.5. The molecule has 0 radical (unpaired) electrons. The van der Waals surface area contributed by atoms with Gasteiger partial charge in [0.1, 0.15) is 0 Å². The number of hydrogen-bond donors (Lipinski definition) is 0. The molecule has 0 fully saturated rings. The van der Waals surface area contributed by atoms with Gasteiger partial charge in [-0.15, -0.1) is 0 Å². The molecule has 0 atom stereocenters. The van der Waals surface area contributed by atoms with Crippen molar-refractivity contribution in [2.75, 3.05) is 4.90 Å². The van der Waals surface area contributed by atoms with Gasteiger partial charge >= 0.3 is 0 Å². The van der Waals surface area contributed by atoms with Gasteiger partial charge < -0.3 is 4.90 Å². The highest BCUT2D eigenvalue weighted by atomic mass is 16.1. The zero-order chi connectivity index (χ0) is 28.7. The van der Waals surface area contributed by atoms with Crippen molar-refractivity contribution in [1.82, 2.24) is 0 Å². The van der Waals surface area contributed by atoms with Crippen molar-refractivity contribution in [2.24, 2.45) is 0 Å². The highest BCUT2D eigenvalue weighted by Crippen LogP contribution is 2.52. The Morgan fingerprint density at radius 3 is 1.69 bits per heavy atom. The Labute approximate surface area is 247 Å². The van der Waals surface area contributed by atoms with E-state index in [0.29, 0.717) is 11.1 Å². The molecule has 202 valence electrons. The van der Waals surface area contributed by atoms with Crippen LogP contribution in [0.5, 0.6) is 0 Å². The van der Waals surface area contributed by atoms with E-state index in [1.165, 1.54) is 22.5 Å². The summed E-state index contributed by atoms with van der Waals surface area (Å²) < 4.78 is 0. The van der Waals surface area contributed by atoms with Gasteiger partial charge in [0.25, 0.3) is 0 Å². The molecule has 0 saturated carbocycles. The van der Waals surface area contributed by atoms with Crippen LogP contribution in [-0.4, -0.2) is 5.78 Å². The number of carbonyl (C=O) groups is 1. The number of nitrogens with zero attached hydrogens (tertiary/aromatic N) is 1. The van der Waals surface area contributed by atoms with Gasteiger partial charge in [0.05, 0.1) is 11.4 Å². The van der Waals surface area contributed by atoms with E-state index < -0.39 is 0 Å². The van der Waals surface area contributed by atoms with Crippen LogP contribution in [0.15, 0.2) is 152 Å². The van der Waals surface area contributed by atoms with Gasteiger partial charge in [0, 0.05) is 22.2 Å². The van der Waals surface area contributed by atoms with E-state index in [1.54, 1.807) is 0 Å². The summed E-state index contributed by atoms with van der Waals surface area (Å²) >= 11 is 0. The van der Waals surface area contributed by atoms with E-state index in [4.69, 9.17) is 0 Å². The average Bonchev–Trinajstić information content (AvgIpc) is 3.05. The van der Waals surface area contributed by atoms with Crippen molar-refractivity contribution in [3.05, 3.63) is 174 Å². The number of benzene rings is 6. The molecule has 0 saturated heterocycles. The Hall–Kier alpha value is -5.21. The van der Waals surface area contributed by atoms with Crippen LogP contribution in [0.25, 0.3) is 22.3 Å². The normalized spacial score (nSPS) is 13.2. The first-order valence-electron chi connectivity index (χ1n) is 14.4. The molecular weight excluding hydrogens is 510 g/mol. The Morgan fingerprint density at radius 2 is 1.00 bits per heavy atom. The van der Waals surface area contributed by atoms with Gasteiger partial charge in [0.15, 0.2) is 5.78 Å². The summed E-state index contributed by atoms with van der Waals surface area (Å²) in [6.45, 7) is 4.60. The fourth-order valence-electron chi connectivity index (χ4n) is 6.22. The minimum Gasteiger partial charge on any atom is -0.310 e. The monoisotopic (exact) mass is 541 g/mol. The summed E-state index contributed by atoms with van der Waals surface area (Å²) in [5, 5.41) is 0. The number of hydrogen-bond acceptors (Lipinski definition) is 2. The largest absolute Gasteiger partial charge is 0.310 e. The maximum absolute atomic E-state index is 13.7. The number of ketones is 1. The topological polar surface area (TPSA) is 20.3 Å². The van der Waals surface area contributed by atoms with Gasteiger partial charge in [-0.2, -0.15) is 0 Å². The second-order valence-electron chi connectivity index (χ2n) is 11.4. The molecule has 2 nitrogen and oxygen atoms in total. The lowest BCUT2D eigenvalue weighted by Crippen LogP contribution is -2.30. The van der Waals surface area contributed by atoms with Crippen LogP contribution in [-0.2, 0) is 5.41 Å². The molecule has 0 bridgehead atoms. The summed E-state index contributed by atoms with van der Waals surface area (Å²) in [7, 11) is 0. The van der Waals surface area contributed by atoms with Gasteiger partial charge in [0.2, 0.25) is 0 Å². The molecule has 1 aliphatic rings. The van der Waals surface area contributed by atoms with Gasteiger partial charge in [-0.3, -0.25) is 4.79 Å². The van der Waals surface area contributed by atoms with Gasteiger partial charge in [-0.1, -0.05) is 123 Å². The lowest BCUT2D eigenvalue weighted by Gasteiger charge is -2.42. The Kier molecular flexibility index (Phi) is 6.32. The van der Waals surface area contributed by atoms with Crippen LogP contribution in [0.4, 0.5) is 17.1 Å². The standard InChI is InChI=1S/C40H31NO/c1-40(2)35-21-9-10-22-37(35)41(34-19-7-4-8-20-34)38-24-23-31(27-36(38)40)30-16-12-18-33(26-30)39(42)32-17-11-15-29(25-32)28-13-5-3-6-14-28/h3-27H,1-2H3. The van der Waals surface area contributed by atoms with Crippen molar-refractivity contribution in [2.45, 2.75) is 19.3 Å². The molecule has 6 aromatic carbocycles. The van der Waals surface area contributed by atoms with Crippen LogP contribution in [0.3, 0.4) is 0 Å². The van der Waals surface area contributed by atoms with Crippen molar-refractivity contribution in [1.29, 1.82) is 0 Å². The molecule has 42 heavy (non-hydrogen) atoms. The van der Waals surface area contributed by atoms with E-state index in [1.807, 2.05) is 60.7 Å². The van der Waals surface area contributed by atoms with E-state index in [9.17, 15) is 4.79 Å². The first kappa shape index (κ1) is 25.7. The molecule has 7 rings (SSSR count). The van der Waals surface area contributed by atoms with Crippen molar-refractivity contribution in [3.63, 3.8) is 0 Å². The Morgan fingerprint density at radius 1 is 0.476 bits per heavy atom. The van der Waals surface area contributed by atoms with Crippen molar-refractivity contribution < 1.29 is 4.79 Å². The average molecular weight is 542 g/mol. The quantitative estimate of drug-likeness (QED) is 0.202. The molecule has 0 amide bonds. The van der Waals surface area contributed by atoms with E-state index in [0.717, 1.165) is 27.9 Å². The van der Waals surface area contributed by atoms with Crippen LogP contribution in [0.1, 0.15) is 40.9 Å². The molecular formula is C40H31NO. The molecule has 0 aromatic heterocycles. The lowest BCUT2D eigenvalue weighted by molar-refractivity contribution is 0.103. The number of rotatable bonds is 5. The van der Waals surface area contributed by atoms with E-state index >= 15 is 0 Å². The van der Waals surface area contributed by atoms with Crippen LogP contribution in [0, 0.1) is 0 Å². The third kappa shape index (κ3) is 4.42. The van der Waals surface area contributed by atoms with E-state index in [2.05, 4.69) is 110 Å². The Balaban J connectivity index is 1.29. The number of anilines is 3. The second kappa shape index (κ2) is 10.3. The minimum absolute atomic E-state index is 0.0251. The molecule has 6 aromatic rings. The smallest absolute Gasteiger partial charge is 0.193 e. The van der Waals surface area contributed by atoms with Crippen LogP contribution >= 0.6 is 0 Å². The second-order valence-corrected chi connectivity index (χ2v) is 11.4. The Bertz CT molecular complexity index is 1920. The maximum atomic E-state index is 13.7. The van der Waals surface area contributed by atoms with Crippen molar-refractivity contribution in [3.8, 4) is 22.3 Å². The maximum Gasteiger partial charge on any atom is 0.193 e. The molecule has 0 aliphatic carbocycles. The molecule has 0 unspecified atom stereocenters. The first-order valence-corrected chi connectivity index (χ1v) is 14.4. The SMILES string of the molecule is CC1(C)c2ccccc2N(c2ccccc2)c2ccc(-c3cccc(C(=O)c4cccc(-c5ccccc5)c4)c3)cc21. The van der Waals surface area contributed by atoms with Crippen LogP contribution in [0.2, 0.25) is 0 Å². The third-order valence-electron chi connectivity index (χ3n) is 8.43. The highest BCUT2D eigenvalue weighted by Gasteiger charge is 2.36. The molecule has 0 spiro atoms. The fraction of sp³-hybridized carbons (Fsp3) is 0.0750. The summed E-state index contributed by atoms with van der Waals surface area (Å²) in [4.78, 5) is 16.0. The summed E-state index contributed by atoms with van der Waals surface area (Å²) in [5.74, 6) is 0.0251. The van der Waals surface area contributed by atoms with Gasteiger partial charge in [-0.25, -0.2) is 0 Å².